The maximum absolute atomic E-state index is 12.0. The van der Waals surface area contributed by atoms with Crippen LogP contribution in [0.5, 0.6) is 5.75 Å². The number of nitrogens with zero attached hydrogens (tertiary/aromatic N) is 2. The van der Waals surface area contributed by atoms with E-state index in [0.717, 1.165) is 17.4 Å². The Kier molecular flexibility index (Phi) is 6.26. The Balaban J connectivity index is 1.83. The highest BCUT2D eigenvalue weighted by molar-refractivity contribution is 8.01. The third-order valence-electron chi connectivity index (χ3n) is 2.54. The van der Waals surface area contributed by atoms with Crippen molar-refractivity contribution in [2.24, 2.45) is 0 Å². The molecule has 24 heavy (non-hydrogen) atoms. The van der Waals surface area contributed by atoms with E-state index in [1.807, 2.05) is 12.1 Å². The molecule has 0 radical (unpaired) electrons. The first-order valence-corrected chi connectivity index (χ1v) is 8.37. The summed E-state index contributed by atoms with van der Waals surface area (Å²) in [4.78, 5) is 11.3. The van der Waals surface area contributed by atoms with E-state index >= 15 is 0 Å². The highest BCUT2D eigenvalue weighted by atomic mass is 32.2. The fourth-order valence-corrected chi connectivity index (χ4v) is 3.12. The Hall–Kier alpha value is -2.01. The molecular formula is C13H13F3N4O2S2. The van der Waals surface area contributed by atoms with Crippen LogP contribution in [0.4, 0.5) is 24.0 Å². The highest BCUT2D eigenvalue weighted by Crippen LogP contribution is 2.28. The summed E-state index contributed by atoms with van der Waals surface area (Å²) in [5.41, 5.74) is 0.755. The topological polar surface area (TPSA) is 76.1 Å². The summed E-state index contributed by atoms with van der Waals surface area (Å²) in [6, 6.07) is 7.20. The Morgan fingerprint density at radius 2 is 2.17 bits per heavy atom. The first-order chi connectivity index (χ1) is 11.4. The van der Waals surface area contributed by atoms with E-state index < -0.39 is 18.6 Å². The summed E-state index contributed by atoms with van der Waals surface area (Å²) >= 11 is 2.21. The highest BCUT2D eigenvalue weighted by Gasteiger charge is 2.27. The van der Waals surface area contributed by atoms with Gasteiger partial charge in [0.1, 0.15) is 12.3 Å². The molecule has 2 N–H and O–H groups in total. The Bertz CT molecular complexity index is 694. The monoisotopic (exact) mass is 378 g/mol. The third kappa shape index (κ3) is 6.24. The van der Waals surface area contributed by atoms with Crippen molar-refractivity contribution in [3.63, 3.8) is 0 Å². The summed E-state index contributed by atoms with van der Waals surface area (Å²) in [5, 5.41) is 13.1. The van der Waals surface area contributed by atoms with Crippen molar-refractivity contribution in [1.29, 1.82) is 0 Å². The molecule has 0 saturated heterocycles. The predicted molar refractivity (Wildman–Crippen MR) is 86.0 cm³/mol. The van der Waals surface area contributed by atoms with Crippen molar-refractivity contribution in [2.75, 3.05) is 24.7 Å². The first kappa shape index (κ1) is 18.3. The number of anilines is 2. The van der Waals surface area contributed by atoms with Gasteiger partial charge in [-0.05, 0) is 12.1 Å². The van der Waals surface area contributed by atoms with Crippen LogP contribution < -0.4 is 15.4 Å². The zero-order valence-corrected chi connectivity index (χ0v) is 14.0. The van der Waals surface area contributed by atoms with E-state index in [1.54, 1.807) is 24.6 Å². The molecule has 0 unspecified atom stereocenters. The van der Waals surface area contributed by atoms with E-state index in [1.165, 1.54) is 11.3 Å². The second-order valence-corrected chi connectivity index (χ2v) is 6.61. The van der Waals surface area contributed by atoms with Gasteiger partial charge in [-0.25, -0.2) is 0 Å². The lowest BCUT2D eigenvalue weighted by Crippen LogP contribution is -2.34. The fraction of sp³-hybridized carbons (Fsp3) is 0.308. The Labute approximate surface area is 143 Å². The number of benzene rings is 1. The molecule has 0 saturated carbocycles. The minimum Gasteiger partial charge on any atom is -0.497 e. The number of hydrogen-bond donors (Lipinski definition) is 2. The molecular weight excluding hydrogens is 365 g/mol. The van der Waals surface area contributed by atoms with Crippen molar-refractivity contribution in [2.45, 2.75) is 10.5 Å². The number of nitrogens with one attached hydrogen (secondary N) is 2. The molecule has 0 aliphatic carbocycles. The van der Waals surface area contributed by atoms with Gasteiger partial charge in [-0.3, -0.25) is 4.79 Å². The number of thioether (sulfide) groups is 1. The molecule has 0 aliphatic heterocycles. The van der Waals surface area contributed by atoms with Crippen LogP contribution in [0.2, 0.25) is 0 Å². The van der Waals surface area contributed by atoms with Crippen LogP contribution in [0.3, 0.4) is 0 Å². The summed E-state index contributed by atoms with van der Waals surface area (Å²) in [7, 11) is 1.56. The molecule has 1 heterocycles. The lowest BCUT2D eigenvalue weighted by Gasteiger charge is -2.07. The number of methoxy groups -OCH3 is 1. The molecule has 6 nitrogen and oxygen atoms in total. The second kappa shape index (κ2) is 8.20. The minimum atomic E-state index is -4.42. The molecule has 1 amide bonds. The van der Waals surface area contributed by atoms with Gasteiger partial charge in [-0.1, -0.05) is 29.2 Å². The Morgan fingerprint density at radius 1 is 1.38 bits per heavy atom. The van der Waals surface area contributed by atoms with Gasteiger partial charge in [0.25, 0.3) is 0 Å². The normalized spacial score (nSPS) is 11.2. The molecule has 0 aliphatic rings. The number of amides is 1. The van der Waals surface area contributed by atoms with Gasteiger partial charge in [0.15, 0.2) is 4.34 Å². The van der Waals surface area contributed by atoms with Crippen LogP contribution in [-0.4, -0.2) is 41.7 Å². The van der Waals surface area contributed by atoms with Gasteiger partial charge in [0.05, 0.1) is 12.9 Å². The van der Waals surface area contributed by atoms with Crippen LogP contribution in [0, 0.1) is 0 Å². The molecule has 1 aromatic heterocycles. The molecule has 1 aromatic carbocycles. The van der Waals surface area contributed by atoms with Crippen LogP contribution in [-0.2, 0) is 4.79 Å². The minimum absolute atomic E-state index is 0.163. The number of alkyl halides is 3. The molecule has 0 fully saturated rings. The average molecular weight is 378 g/mol. The van der Waals surface area contributed by atoms with Crippen molar-refractivity contribution in [3.05, 3.63) is 24.3 Å². The zero-order valence-electron chi connectivity index (χ0n) is 12.4. The summed E-state index contributed by atoms with van der Waals surface area (Å²) < 4.78 is 41.5. The zero-order chi connectivity index (χ0) is 17.6. The van der Waals surface area contributed by atoms with Crippen molar-refractivity contribution in [3.8, 4) is 5.75 Å². The molecule has 11 heteroatoms. The summed E-state index contributed by atoms with van der Waals surface area (Å²) in [6.45, 7) is -1.34. The maximum Gasteiger partial charge on any atom is 0.405 e. The number of ether oxygens (including phenoxy) is 1. The molecule has 0 atom stereocenters. The number of aromatic nitrogens is 2. The number of carbonyl (C=O) groups excluding carboxylic acids is 1. The lowest BCUT2D eigenvalue weighted by atomic mass is 10.3. The van der Waals surface area contributed by atoms with E-state index in [0.29, 0.717) is 15.2 Å². The summed E-state index contributed by atoms with van der Waals surface area (Å²) in [6.07, 6.45) is -4.42. The van der Waals surface area contributed by atoms with Gasteiger partial charge < -0.3 is 15.4 Å². The predicted octanol–water partition coefficient (Wildman–Crippen LogP) is 3.06. The van der Waals surface area contributed by atoms with Crippen molar-refractivity contribution in [1.82, 2.24) is 15.5 Å². The number of carbonyl (C=O) groups is 1. The third-order valence-corrected chi connectivity index (χ3v) is 4.51. The van der Waals surface area contributed by atoms with Crippen molar-refractivity contribution < 1.29 is 22.7 Å². The van der Waals surface area contributed by atoms with E-state index in [-0.39, 0.29) is 5.75 Å². The van der Waals surface area contributed by atoms with E-state index in [9.17, 15) is 18.0 Å². The molecule has 2 rings (SSSR count). The largest absolute Gasteiger partial charge is 0.497 e. The summed E-state index contributed by atoms with van der Waals surface area (Å²) in [5.74, 6) is -0.195. The number of rotatable bonds is 7. The molecule has 0 spiro atoms. The fourth-order valence-electron chi connectivity index (χ4n) is 1.52. The standard InChI is InChI=1S/C13H13F3N4O2S2/c1-22-9-4-2-3-8(5-9)18-11-19-20-12(24-11)23-6-10(21)17-7-13(14,15)16/h2-5H,6-7H2,1H3,(H,17,21)(H,18,19). The maximum atomic E-state index is 12.0. The average Bonchev–Trinajstić information content (AvgIpc) is 2.98. The smallest absolute Gasteiger partial charge is 0.405 e. The lowest BCUT2D eigenvalue weighted by molar-refractivity contribution is -0.136. The van der Waals surface area contributed by atoms with Crippen molar-refractivity contribution >= 4 is 39.8 Å². The quantitative estimate of drug-likeness (QED) is 0.722. The van der Waals surface area contributed by atoms with Gasteiger partial charge in [-0.15, -0.1) is 10.2 Å². The van der Waals surface area contributed by atoms with Gasteiger partial charge in [0, 0.05) is 11.8 Å². The number of hydrogen-bond acceptors (Lipinski definition) is 7. The van der Waals surface area contributed by atoms with Crippen LogP contribution >= 0.6 is 23.1 Å². The number of halogens is 3. The Morgan fingerprint density at radius 3 is 2.88 bits per heavy atom. The van der Waals surface area contributed by atoms with Gasteiger partial charge >= 0.3 is 6.18 Å². The second-order valence-electron chi connectivity index (χ2n) is 4.41. The SMILES string of the molecule is COc1cccc(Nc2nnc(SCC(=O)NCC(F)(F)F)s2)c1. The first-order valence-electron chi connectivity index (χ1n) is 6.56. The molecule has 0 bridgehead atoms. The van der Waals surface area contributed by atoms with Crippen LogP contribution in [0.25, 0.3) is 0 Å². The molecule has 130 valence electrons. The molecule has 2 aromatic rings. The van der Waals surface area contributed by atoms with E-state index in [4.69, 9.17) is 4.74 Å². The van der Waals surface area contributed by atoms with E-state index in [2.05, 4.69) is 15.5 Å². The van der Waals surface area contributed by atoms with Crippen LogP contribution in [0.15, 0.2) is 28.6 Å². The van der Waals surface area contributed by atoms with Gasteiger partial charge in [-0.2, -0.15) is 13.2 Å². The van der Waals surface area contributed by atoms with Crippen LogP contribution in [0.1, 0.15) is 0 Å². The van der Waals surface area contributed by atoms with Gasteiger partial charge in [0.2, 0.25) is 11.0 Å².